The number of amides is 2. The molecule has 28 heavy (non-hydrogen) atoms. The molecule has 0 aliphatic heterocycles. The molecular formula is C21H25N3O3S. The van der Waals surface area contributed by atoms with E-state index in [0.717, 1.165) is 6.42 Å². The maximum Gasteiger partial charge on any atom is 0.257 e. The summed E-state index contributed by atoms with van der Waals surface area (Å²) < 4.78 is 5.74. The fraction of sp³-hybridized carbons (Fsp3) is 0.286. The SMILES string of the molecule is CCC(=O)Nc1ccc(NC(=S)NC(=O)c2cccc(OC(C)CC)c2)cc1. The molecule has 0 saturated heterocycles. The van der Waals surface area contributed by atoms with Crippen molar-refractivity contribution in [1.82, 2.24) is 5.32 Å². The van der Waals surface area contributed by atoms with Crippen LogP contribution >= 0.6 is 12.2 Å². The van der Waals surface area contributed by atoms with E-state index in [9.17, 15) is 9.59 Å². The van der Waals surface area contributed by atoms with Crippen molar-refractivity contribution >= 4 is 40.5 Å². The molecule has 0 aromatic heterocycles. The lowest BCUT2D eigenvalue weighted by Crippen LogP contribution is -2.34. The highest BCUT2D eigenvalue weighted by atomic mass is 32.1. The van der Waals surface area contributed by atoms with Crippen molar-refractivity contribution in [3.05, 3.63) is 54.1 Å². The van der Waals surface area contributed by atoms with Crippen LogP contribution in [0.15, 0.2) is 48.5 Å². The molecule has 6 nitrogen and oxygen atoms in total. The van der Waals surface area contributed by atoms with E-state index in [-0.39, 0.29) is 23.0 Å². The van der Waals surface area contributed by atoms with Gasteiger partial charge in [-0.25, -0.2) is 0 Å². The third kappa shape index (κ3) is 6.66. The van der Waals surface area contributed by atoms with Gasteiger partial charge in [0.2, 0.25) is 5.91 Å². The summed E-state index contributed by atoms with van der Waals surface area (Å²) in [5, 5.41) is 8.55. The van der Waals surface area contributed by atoms with Crippen molar-refractivity contribution < 1.29 is 14.3 Å². The van der Waals surface area contributed by atoms with Crippen molar-refractivity contribution in [2.24, 2.45) is 0 Å². The first kappa shape index (κ1) is 21.4. The van der Waals surface area contributed by atoms with Gasteiger partial charge in [0.05, 0.1) is 6.10 Å². The first-order valence-corrected chi connectivity index (χ1v) is 9.61. The number of carbonyl (C=O) groups is 2. The summed E-state index contributed by atoms with van der Waals surface area (Å²) in [6, 6.07) is 14.0. The van der Waals surface area contributed by atoms with Crippen molar-refractivity contribution in [3.8, 4) is 5.75 Å². The lowest BCUT2D eigenvalue weighted by Gasteiger charge is -2.14. The van der Waals surface area contributed by atoms with E-state index in [2.05, 4.69) is 16.0 Å². The molecule has 0 spiro atoms. The number of rotatable bonds is 7. The summed E-state index contributed by atoms with van der Waals surface area (Å²) in [6.07, 6.45) is 1.37. The molecule has 2 aromatic rings. The normalized spacial score (nSPS) is 11.2. The number of ether oxygens (including phenoxy) is 1. The molecule has 0 radical (unpaired) electrons. The van der Waals surface area contributed by atoms with Crippen molar-refractivity contribution in [1.29, 1.82) is 0 Å². The van der Waals surface area contributed by atoms with Crippen LogP contribution in [0.2, 0.25) is 0 Å². The summed E-state index contributed by atoms with van der Waals surface area (Å²) >= 11 is 5.21. The van der Waals surface area contributed by atoms with Crippen LogP contribution in [-0.2, 0) is 4.79 Å². The minimum absolute atomic E-state index is 0.0527. The summed E-state index contributed by atoms with van der Waals surface area (Å²) in [7, 11) is 0. The topological polar surface area (TPSA) is 79.5 Å². The molecule has 0 aliphatic rings. The zero-order valence-corrected chi connectivity index (χ0v) is 17.1. The molecule has 2 aromatic carbocycles. The second-order valence-electron chi connectivity index (χ2n) is 6.25. The highest BCUT2D eigenvalue weighted by Gasteiger charge is 2.10. The first-order valence-electron chi connectivity index (χ1n) is 9.20. The largest absolute Gasteiger partial charge is 0.491 e. The number of benzene rings is 2. The lowest BCUT2D eigenvalue weighted by molar-refractivity contribution is -0.115. The second-order valence-corrected chi connectivity index (χ2v) is 6.66. The molecule has 0 heterocycles. The van der Waals surface area contributed by atoms with Crippen LogP contribution in [0.5, 0.6) is 5.75 Å². The Labute approximate surface area is 170 Å². The van der Waals surface area contributed by atoms with Crippen molar-refractivity contribution in [2.75, 3.05) is 10.6 Å². The fourth-order valence-corrected chi connectivity index (χ4v) is 2.46. The van der Waals surface area contributed by atoms with Gasteiger partial charge < -0.3 is 15.4 Å². The average molecular weight is 400 g/mol. The number of anilines is 2. The van der Waals surface area contributed by atoms with Crippen LogP contribution in [0.4, 0.5) is 11.4 Å². The maximum absolute atomic E-state index is 12.4. The van der Waals surface area contributed by atoms with E-state index in [1.54, 1.807) is 49.4 Å². The van der Waals surface area contributed by atoms with Crippen molar-refractivity contribution in [2.45, 2.75) is 39.7 Å². The Kier molecular flexibility index (Phi) is 7.95. The molecule has 1 unspecified atom stereocenters. The van der Waals surface area contributed by atoms with Gasteiger partial charge >= 0.3 is 0 Å². The van der Waals surface area contributed by atoms with Gasteiger partial charge in [0.25, 0.3) is 5.91 Å². The zero-order chi connectivity index (χ0) is 20.5. The second kappa shape index (κ2) is 10.4. The molecule has 1 atom stereocenters. The van der Waals surface area contributed by atoms with Gasteiger partial charge in [0.15, 0.2) is 5.11 Å². The van der Waals surface area contributed by atoms with Gasteiger partial charge in [0, 0.05) is 23.4 Å². The summed E-state index contributed by atoms with van der Waals surface area (Å²) in [6.45, 7) is 5.80. The Bertz CT molecular complexity index is 837. The molecule has 3 N–H and O–H groups in total. The van der Waals surface area contributed by atoms with Gasteiger partial charge in [0.1, 0.15) is 5.75 Å². The molecular weight excluding hydrogens is 374 g/mol. The molecule has 148 valence electrons. The van der Waals surface area contributed by atoms with Crippen LogP contribution < -0.4 is 20.7 Å². The minimum atomic E-state index is -0.320. The van der Waals surface area contributed by atoms with Gasteiger partial charge in [-0.2, -0.15) is 0 Å². The van der Waals surface area contributed by atoms with E-state index in [1.807, 2.05) is 19.9 Å². The maximum atomic E-state index is 12.4. The minimum Gasteiger partial charge on any atom is -0.491 e. The third-order valence-electron chi connectivity index (χ3n) is 3.98. The van der Waals surface area contributed by atoms with Crippen molar-refractivity contribution in [3.63, 3.8) is 0 Å². The quantitative estimate of drug-likeness (QED) is 0.604. The smallest absolute Gasteiger partial charge is 0.257 e. The Balaban J connectivity index is 1.93. The molecule has 7 heteroatoms. The van der Waals surface area contributed by atoms with Crippen LogP contribution in [0.25, 0.3) is 0 Å². The fourth-order valence-electron chi connectivity index (χ4n) is 2.25. The van der Waals surface area contributed by atoms with Gasteiger partial charge in [-0.05, 0) is 68.0 Å². The van der Waals surface area contributed by atoms with Gasteiger partial charge in [-0.3, -0.25) is 14.9 Å². The first-order chi connectivity index (χ1) is 13.4. The standard InChI is InChI=1S/C21H25N3O3S/c1-4-14(3)27-18-8-6-7-15(13-18)20(26)24-21(28)23-17-11-9-16(10-12-17)22-19(25)5-2/h6-14H,4-5H2,1-3H3,(H,22,25)(H2,23,24,26,28). The van der Waals surface area contributed by atoms with E-state index in [1.165, 1.54) is 0 Å². The van der Waals surface area contributed by atoms with E-state index < -0.39 is 0 Å². The van der Waals surface area contributed by atoms with Gasteiger partial charge in [-0.1, -0.05) is 19.9 Å². The number of hydrogen-bond acceptors (Lipinski definition) is 4. The van der Waals surface area contributed by atoms with Crippen LogP contribution in [0.3, 0.4) is 0 Å². The van der Waals surface area contributed by atoms with Crippen LogP contribution in [0, 0.1) is 0 Å². The Morgan fingerprint density at radius 3 is 2.29 bits per heavy atom. The Hall–Kier alpha value is -2.93. The molecule has 2 rings (SSSR count). The summed E-state index contributed by atoms with van der Waals surface area (Å²) in [5.41, 5.74) is 1.86. The molecule has 2 amide bonds. The van der Waals surface area contributed by atoms with E-state index in [0.29, 0.717) is 29.1 Å². The highest BCUT2D eigenvalue weighted by molar-refractivity contribution is 7.80. The number of thiocarbonyl (C=S) groups is 1. The summed E-state index contributed by atoms with van der Waals surface area (Å²) in [5.74, 6) is 0.271. The average Bonchev–Trinajstić information content (AvgIpc) is 2.69. The monoisotopic (exact) mass is 399 g/mol. The highest BCUT2D eigenvalue weighted by Crippen LogP contribution is 2.16. The molecule has 0 fully saturated rings. The van der Waals surface area contributed by atoms with Crippen LogP contribution in [-0.4, -0.2) is 23.0 Å². The Morgan fingerprint density at radius 1 is 1.04 bits per heavy atom. The Morgan fingerprint density at radius 2 is 1.68 bits per heavy atom. The number of carbonyl (C=O) groups excluding carboxylic acids is 2. The van der Waals surface area contributed by atoms with E-state index in [4.69, 9.17) is 17.0 Å². The number of hydrogen-bond donors (Lipinski definition) is 3. The van der Waals surface area contributed by atoms with E-state index >= 15 is 0 Å². The number of nitrogens with one attached hydrogen (secondary N) is 3. The predicted molar refractivity (Wildman–Crippen MR) is 116 cm³/mol. The predicted octanol–water partition coefficient (Wildman–Crippen LogP) is 4.34. The molecule has 0 saturated carbocycles. The summed E-state index contributed by atoms with van der Waals surface area (Å²) in [4.78, 5) is 23.8. The van der Waals surface area contributed by atoms with Gasteiger partial charge in [-0.15, -0.1) is 0 Å². The van der Waals surface area contributed by atoms with Crippen LogP contribution in [0.1, 0.15) is 44.0 Å². The lowest BCUT2D eigenvalue weighted by atomic mass is 10.2. The molecule has 0 bridgehead atoms. The molecule has 0 aliphatic carbocycles. The zero-order valence-electron chi connectivity index (χ0n) is 16.2. The third-order valence-corrected chi connectivity index (χ3v) is 4.19.